The Morgan fingerprint density at radius 1 is 1.35 bits per heavy atom. The predicted octanol–water partition coefficient (Wildman–Crippen LogP) is 3.49. The van der Waals surface area contributed by atoms with Crippen molar-refractivity contribution in [2.45, 2.75) is 11.1 Å². The monoisotopic (exact) mass is 307 g/mol. The molecule has 1 heterocycles. The minimum Gasteiger partial charge on any atom is -0.478 e. The normalized spacial score (nSPS) is 10.2. The van der Waals surface area contributed by atoms with Gasteiger partial charge in [-0.25, -0.2) is 4.79 Å². The van der Waals surface area contributed by atoms with Crippen LogP contribution >= 0.6 is 23.1 Å². The molecule has 2 aromatic rings. The Morgan fingerprint density at radius 2 is 2.15 bits per heavy atom. The van der Waals surface area contributed by atoms with Crippen molar-refractivity contribution in [3.05, 3.63) is 46.8 Å². The van der Waals surface area contributed by atoms with Gasteiger partial charge in [0.05, 0.1) is 15.5 Å². The Morgan fingerprint density at radius 3 is 2.75 bits per heavy atom. The topological polar surface area (TPSA) is 66.4 Å². The highest BCUT2D eigenvalue weighted by Crippen LogP contribution is 2.24. The van der Waals surface area contributed by atoms with E-state index in [1.807, 2.05) is 17.5 Å². The van der Waals surface area contributed by atoms with Crippen molar-refractivity contribution in [1.29, 1.82) is 0 Å². The molecule has 104 valence electrons. The van der Waals surface area contributed by atoms with Gasteiger partial charge in [0.1, 0.15) is 0 Å². The number of anilines is 1. The van der Waals surface area contributed by atoms with Crippen molar-refractivity contribution in [2.75, 3.05) is 11.1 Å². The molecular formula is C14H13NO3S2. The van der Waals surface area contributed by atoms with Gasteiger partial charge in [-0.3, -0.25) is 4.79 Å². The van der Waals surface area contributed by atoms with Crippen molar-refractivity contribution in [3.8, 4) is 0 Å². The summed E-state index contributed by atoms with van der Waals surface area (Å²) in [5.74, 6) is -0.741. The number of rotatable bonds is 5. The van der Waals surface area contributed by atoms with Crippen molar-refractivity contribution in [2.24, 2.45) is 0 Å². The van der Waals surface area contributed by atoms with E-state index in [0.29, 0.717) is 11.4 Å². The standard InChI is InChI=1S/C14H13NO3S2/c1-9-7-10(14(17)18)4-5-11(9)15-12(16)8-20-13-3-2-6-19-13/h2-7H,8H2,1H3,(H,15,16)(H,17,18). The number of aryl methyl sites for hydroxylation is 1. The van der Waals surface area contributed by atoms with Gasteiger partial charge in [-0.1, -0.05) is 6.07 Å². The number of nitrogens with one attached hydrogen (secondary N) is 1. The van der Waals surface area contributed by atoms with Crippen LogP contribution in [-0.2, 0) is 4.79 Å². The highest BCUT2D eigenvalue weighted by molar-refractivity contribution is 8.01. The number of thiophene rings is 1. The molecular weight excluding hydrogens is 294 g/mol. The minimum atomic E-state index is -0.973. The first kappa shape index (κ1) is 14.6. The molecule has 1 aromatic heterocycles. The van der Waals surface area contributed by atoms with Gasteiger partial charge in [0.2, 0.25) is 5.91 Å². The molecule has 4 nitrogen and oxygen atoms in total. The second kappa shape index (κ2) is 6.58. The molecule has 0 fully saturated rings. The van der Waals surface area contributed by atoms with E-state index in [0.717, 1.165) is 9.77 Å². The summed E-state index contributed by atoms with van der Waals surface area (Å²) >= 11 is 3.08. The molecule has 6 heteroatoms. The summed E-state index contributed by atoms with van der Waals surface area (Å²) in [5, 5.41) is 13.6. The summed E-state index contributed by atoms with van der Waals surface area (Å²) in [6, 6.07) is 8.56. The first-order valence-electron chi connectivity index (χ1n) is 5.86. The molecule has 0 spiro atoms. The zero-order chi connectivity index (χ0) is 14.5. The van der Waals surface area contributed by atoms with Gasteiger partial charge in [-0.15, -0.1) is 23.1 Å². The number of carbonyl (C=O) groups excluding carboxylic acids is 1. The maximum atomic E-state index is 11.8. The molecule has 2 rings (SSSR count). The van der Waals surface area contributed by atoms with Crippen molar-refractivity contribution in [1.82, 2.24) is 0 Å². The molecule has 0 aliphatic heterocycles. The SMILES string of the molecule is Cc1cc(C(=O)O)ccc1NC(=O)CSc1cccs1. The summed E-state index contributed by atoms with van der Waals surface area (Å²) < 4.78 is 1.10. The van der Waals surface area contributed by atoms with E-state index in [2.05, 4.69) is 5.32 Å². The molecule has 0 unspecified atom stereocenters. The number of thioether (sulfide) groups is 1. The van der Waals surface area contributed by atoms with E-state index >= 15 is 0 Å². The average molecular weight is 307 g/mol. The number of carboxylic acid groups (broad SMARTS) is 1. The zero-order valence-electron chi connectivity index (χ0n) is 10.8. The van der Waals surface area contributed by atoms with Crippen molar-refractivity contribution in [3.63, 3.8) is 0 Å². The van der Waals surface area contributed by atoms with E-state index in [1.54, 1.807) is 30.4 Å². The quantitative estimate of drug-likeness (QED) is 0.830. The first-order chi connectivity index (χ1) is 9.56. The fourth-order valence-corrected chi connectivity index (χ4v) is 3.19. The third-order valence-corrected chi connectivity index (χ3v) is 4.72. The van der Waals surface area contributed by atoms with Crippen LogP contribution in [-0.4, -0.2) is 22.7 Å². The number of hydrogen-bond acceptors (Lipinski definition) is 4. The maximum absolute atomic E-state index is 11.8. The van der Waals surface area contributed by atoms with Gasteiger partial charge in [-0.2, -0.15) is 0 Å². The van der Waals surface area contributed by atoms with Gasteiger partial charge in [-0.05, 0) is 42.1 Å². The minimum absolute atomic E-state index is 0.102. The molecule has 1 amide bonds. The predicted molar refractivity (Wildman–Crippen MR) is 81.8 cm³/mol. The van der Waals surface area contributed by atoms with Crippen LogP contribution < -0.4 is 5.32 Å². The van der Waals surface area contributed by atoms with Gasteiger partial charge in [0.25, 0.3) is 0 Å². The zero-order valence-corrected chi connectivity index (χ0v) is 12.4. The van der Waals surface area contributed by atoms with E-state index in [1.165, 1.54) is 17.8 Å². The number of benzene rings is 1. The molecule has 0 aliphatic carbocycles. The van der Waals surface area contributed by atoms with E-state index < -0.39 is 5.97 Å². The third-order valence-electron chi connectivity index (χ3n) is 2.59. The Labute approximate surface area is 124 Å². The molecule has 0 bridgehead atoms. The summed E-state index contributed by atoms with van der Waals surface area (Å²) in [6.07, 6.45) is 0. The second-order valence-corrected chi connectivity index (χ2v) is 6.33. The average Bonchev–Trinajstić information content (AvgIpc) is 2.91. The number of carboxylic acids is 1. The molecule has 0 saturated heterocycles. The Balaban J connectivity index is 1.95. The summed E-state index contributed by atoms with van der Waals surface area (Å²) in [5.41, 5.74) is 1.60. The first-order valence-corrected chi connectivity index (χ1v) is 7.73. The summed E-state index contributed by atoms with van der Waals surface area (Å²) in [4.78, 5) is 22.7. The largest absolute Gasteiger partial charge is 0.478 e. The lowest BCUT2D eigenvalue weighted by atomic mass is 10.1. The number of hydrogen-bond donors (Lipinski definition) is 2. The molecule has 0 aliphatic rings. The molecule has 1 aromatic carbocycles. The molecule has 2 N–H and O–H groups in total. The van der Waals surface area contributed by atoms with Crippen LogP contribution in [0.1, 0.15) is 15.9 Å². The van der Waals surface area contributed by atoms with Crippen LogP contribution in [0.15, 0.2) is 39.9 Å². The van der Waals surface area contributed by atoms with Crippen molar-refractivity contribution < 1.29 is 14.7 Å². The van der Waals surface area contributed by atoms with E-state index in [-0.39, 0.29) is 11.5 Å². The van der Waals surface area contributed by atoms with Crippen LogP contribution in [0.3, 0.4) is 0 Å². The van der Waals surface area contributed by atoms with Crippen LogP contribution in [0.2, 0.25) is 0 Å². The molecule has 0 radical (unpaired) electrons. The highest BCUT2D eigenvalue weighted by atomic mass is 32.2. The fourth-order valence-electron chi connectivity index (χ4n) is 1.61. The fraction of sp³-hybridized carbons (Fsp3) is 0.143. The summed E-state index contributed by atoms with van der Waals surface area (Å²) in [6.45, 7) is 1.77. The Kier molecular flexibility index (Phi) is 4.81. The molecule has 20 heavy (non-hydrogen) atoms. The molecule has 0 atom stereocenters. The Hall–Kier alpha value is -1.79. The number of carbonyl (C=O) groups is 2. The van der Waals surface area contributed by atoms with Gasteiger partial charge < -0.3 is 10.4 Å². The number of amides is 1. The van der Waals surface area contributed by atoms with Crippen LogP contribution in [0, 0.1) is 6.92 Å². The summed E-state index contributed by atoms with van der Waals surface area (Å²) in [7, 11) is 0. The van der Waals surface area contributed by atoms with Crippen LogP contribution in [0.25, 0.3) is 0 Å². The Bertz CT molecular complexity index is 623. The maximum Gasteiger partial charge on any atom is 0.335 e. The van der Waals surface area contributed by atoms with Gasteiger partial charge in [0, 0.05) is 5.69 Å². The van der Waals surface area contributed by atoms with Crippen LogP contribution in [0.4, 0.5) is 5.69 Å². The third kappa shape index (κ3) is 3.85. The number of aromatic carboxylic acids is 1. The van der Waals surface area contributed by atoms with Gasteiger partial charge in [0.15, 0.2) is 0 Å². The lowest BCUT2D eigenvalue weighted by Gasteiger charge is -2.08. The highest BCUT2D eigenvalue weighted by Gasteiger charge is 2.09. The van der Waals surface area contributed by atoms with E-state index in [9.17, 15) is 9.59 Å². The van der Waals surface area contributed by atoms with Crippen LogP contribution in [0.5, 0.6) is 0 Å². The molecule has 0 saturated carbocycles. The van der Waals surface area contributed by atoms with Crippen molar-refractivity contribution >= 4 is 40.7 Å². The lowest BCUT2D eigenvalue weighted by Crippen LogP contribution is -2.15. The lowest BCUT2D eigenvalue weighted by molar-refractivity contribution is -0.113. The smallest absolute Gasteiger partial charge is 0.335 e. The van der Waals surface area contributed by atoms with Gasteiger partial charge >= 0.3 is 5.97 Å². The second-order valence-electron chi connectivity index (χ2n) is 4.10. The van der Waals surface area contributed by atoms with E-state index in [4.69, 9.17) is 5.11 Å².